The molecular weight excluding hydrogens is 316 g/mol. The van der Waals surface area contributed by atoms with Gasteiger partial charge in [-0.1, -0.05) is 24.3 Å². The molecule has 4 rings (SSSR count). The molecule has 1 aromatic carbocycles. The number of rotatable bonds is 4. The molecule has 1 saturated heterocycles. The number of nitrogens with zero attached hydrogens (tertiary/aromatic N) is 1. The minimum Gasteiger partial charge on any atom is -0.450 e. The van der Waals surface area contributed by atoms with E-state index in [0.717, 1.165) is 18.8 Å². The Labute approximate surface area is 148 Å². The molecule has 1 atom stereocenters. The molecule has 0 spiro atoms. The molecule has 5 nitrogen and oxygen atoms in total. The molecule has 2 amide bonds. The van der Waals surface area contributed by atoms with Gasteiger partial charge < -0.3 is 15.0 Å². The van der Waals surface area contributed by atoms with Crippen molar-refractivity contribution in [2.45, 2.75) is 50.0 Å². The second-order valence-corrected chi connectivity index (χ2v) is 7.71. The van der Waals surface area contributed by atoms with Crippen molar-refractivity contribution in [3.8, 4) is 0 Å². The van der Waals surface area contributed by atoms with Crippen LogP contribution in [-0.4, -0.2) is 43.1 Å². The molecule has 1 aromatic rings. The number of amides is 2. The van der Waals surface area contributed by atoms with Crippen molar-refractivity contribution in [2.75, 3.05) is 20.2 Å². The summed E-state index contributed by atoms with van der Waals surface area (Å²) in [5.74, 6) is 1.31. The van der Waals surface area contributed by atoms with Crippen molar-refractivity contribution >= 4 is 12.0 Å². The third-order valence-electron chi connectivity index (χ3n) is 6.01. The monoisotopic (exact) mass is 342 g/mol. The van der Waals surface area contributed by atoms with E-state index in [1.54, 1.807) is 0 Å². The van der Waals surface area contributed by atoms with Crippen LogP contribution in [0.15, 0.2) is 24.3 Å². The molecule has 2 aliphatic carbocycles. The number of nitrogens with one attached hydrogen (secondary N) is 1. The lowest BCUT2D eigenvalue weighted by atomic mass is 9.74. The van der Waals surface area contributed by atoms with Crippen LogP contribution in [0.2, 0.25) is 0 Å². The number of benzene rings is 1. The minimum absolute atomic E-state index is 0.123. The summed E-state index contributed by atoms with van der Waals surface area (Å²) < 4.78 is 4.95. The first kappa shape index (κ1) is 16.4. The van der Waals surface area contributed by atoms with Gasteiger partial charge in [0.05, 0.1) is 12.5 Å². The summed E-state index contributed by atoms with van der Waals surface area (Å²) in [6.07, 6.45) is 4.91. The van der Waals surface area contributed by atoms with E-state index in [1.807, 2.05) is 11.9 Å². The minimum atomic E-state index is -0.420. The number of carbonyl (C=O) groups excluding carboxylic acids is 2. The molecule has 0 aromatic heterocycles. The second kappa shape index (κ2) is 6.70. The summed E-state index contributed by atoms with van der Waals surface area (Å²) >= 11 is 0. The van der Waals surface area contributed by atoms with Crippen LogP contribution in [0, 0.1) is 5.92 Å². The van der Waals surface area contributed by atoms with Crippen LogP contribution >= 0.6 is 0 Å². The summed E-state index contributed by atoms with van der Waals surface area (Å²) in [6.45, 7) is 0.692. The van der Waals surface area contributed by atoms with Gasteiger partial charge in [0, 0.05) is 19.6 Å². The zero-order valence-electron chi connectivity index (χ0n) is 14.7. The van der Waals surface area contributed by atoms with Gasteiger partial charge in [0.2, 0.25) is 5.91 Å². The van der Waals surface area contributed by atoms with Crippen LogP contribution in [-0.2, 0) is 9.53 Å². The van der Waals surface area contributed by atoms with Crippen LogP contribution in [0.5, 0.6) is 0 Å². The van der Waals surface area contributed by atoms with E-state index < -0.39 is 6.09 Å². The normalized spacial score (nSPS) is 29.0. The van der Waals surface area contributed by atoms with Crippen LogP contribution in [0.3, 0.4) is 0 Å². The Kier molecular flexibility index (Phi) is 4.40. The van der Waals surface area contributed by atoms with E-state index in [2.05, 4.69) is 29.6 Å². The second-order valence-electron chi connectivity index (χ2n) is 7.71. The SMILES string of the molecule is CN(C(=O)[C@@H]1CCOC(=O)NC1)C1CC(c2ccc(C3CC3)cc2)C1. The lowest BCUT2D eigenvalue weighted by Crippen LogP contribution is -2.48. The molecule has 0 unspecified atom stereocenters. The van der Waals surface area contributed by atoms with Crippen molar-refractivity contribution in [2.24, 2.45) is 5.92 Å². The van der Waals surface area contributed by atoms with Crippen molar-refractivity contribution in [1.82, 2.24) is 10.2 Å². The van der Waals surface area contributed by atoms with Gasteiger partial charge in [0.1, 0.15) is 0 Å². The maximum Gasteiger partial charge on any atom is 0.407 e. The molecule has 3 fully saturated rings. The van der Waals surface area contributed by atoms with Gasteiger partial charge in [-0.05, 0) is 55.1 Å². The summed E-state index contributed by atoms with van der Waals surface area (Å²) in [5.41, 5.74) is 2.88. The summed E-state index contributed by atoms with van der Waals surface area (Å²) in [7, 11) is 1.90. The maximum atomic E-state index is 12.7. The predicted octanol–water partition coefficient (Wildman–Crippen LogP) is 3.01. The van der Waals surface area contributed by atoms with Gasteiger partial charge in [-0.25, -0.2) is 4.79 Å². The number of carbonyl (C=O) groups is 2. The number of cyclic esters (lactones) is 1. The zero-order valence-corrected chi connectivity index (χ0v) is 14.7. The fourth-order valence-corrected chi connectivity index (χ4v) is 3.97. The molecule has 0 bridgehead atoms. The smallest absolute Gasteiger partial charge is 0.407 e. The highest BCUT2D eigenvalue weighted by Crippen LogP contribution is 2.43. The Bertz CT molecular complexity index is 647. The Morgan fingerprint density at radius 1 is 1.08 bits per heavy atom. The van der Waals surface area contributed by atoms with Crippen LogP contribution in [0.1, 0.15) is 55.1 Å². The van der Waals surface area contributed by atoms with Gasteiger partial charge in [0.15, 0.2) is 0 Å². The van der Waals surface area contributed by atoms with Gasteiger partial charge in [-0.2, -0.15) is 0 Å². The number of ether oxygens (including phenoxy) is 1. The Morgan fingerprint density at radius 3 is 2.36 bits per heavy atom. The van der Waals surface area contributed by atoms with Gasteiger partial charge in [0.25, 0.3) is 0 Å². The largest absolute Gasteiger partial charge is 0.450 e. The summed E-state index contributed by atoms with van der Waals surface area (Å²) in [4.78, 5) is 25.8. The highest BCUT2D eigenvalue weighted by atomic mass is 16.5. The molecule has 25 heavy (non-hydrogen) atoms. The third-order valence-corrected chi connectivity index (χ3v) is 6.01. The molecule has 1 N–H and O–H groups in total. The molecule has 134 valence electrons. The Balaban J connectivity index is 1.30. The first-order chi connectivity index (χ1) is 12.1. The highest BCUT2D eigenvalue weighted by molar-refractivity contribution is 5.80. The van der Waals surface area contributed by atoms with Gasteiger partial charge >= 0.3 is 6.09 Å². The predicted molar refractivity (Wildman–Crippen MR) is 94.4 cm³/mol. The standard InChI is InChI=1S/C20H26N2O3/c1-22(19(23)16-8-9-25-20(24)21-12-16)18-10-17(11-18)15-6-4-14(5-7-15)13-2-3-13/h4-7,13,16-18H,2-3,8-12H2,1H3,(H,21,24)/t16-,17?,18?/m1/s1. The van der Waals surface area contributed by atoms with E-state index in [0.29, 0.717) is 31.5 Å². The number of hydrogen-bond donors (Lipinski definition) is 1. The quantitative estimate of drug-likeness (QED) is 0.915. The van der Waals surface area contributed by atoms with Crippen LogP contribution in [0.25, 0.3) is 0 Å². The molecule has 2 saturated carbocycles. The summed E-state index contributed by atoms with van der Waals surface area (Å²) in [5, 5.41) is 2.65. The molecule has 0 radical (unpaired) electrons. The number of alkyl carbamates (subject to hydrolysis) is 1. The average molecular weight is 342 g/mol. The lowest BCUT2D eigenvalue weighted by Gasteiger charge is -2.42. The van der Waals surface area contributed by atoms with Gasteiger partial charge in [-0.3, -0.25) is 4.79 Å². The van der Waals surface area contributed by atoms with Gasteiger partial charge in [-0.15, -0.1) is 0 Å². The summed E-state index contributed by atoms with van der Waals surface area (Å²) in [6, 6.07) is 9.41. The molecule has 1 heterocycles. The Hall–Kier alpha value is -2.04. The zero-order chi connectivity index (χ0) is 17.4. The maximum absolute atomic E-state index is 12.7. The first-order valence-electron chi connectivity index (χ1n) is 9.39. The highest BCUT2D eigenvalue weighted by Gasteiger charge is 2.37. The topological polar surface area (TPSA) is 58.6 Å². The molecule has 5 heteroatoms. The average Bonchev–Trinajstić information content (AvgIpc) is 3.41. The fraction of sp³-hybridized carbons (Fsp3) is 0.600. The molecule has 3 aliphatic rings. The Morgan fingerprint density at radius 2 is 1.72 bits per heavy atom. The van der Waals surface area contributed by atoms with E-state index in [-0.39, 0.29) is 11.8 Å². The van der Waals surface area contributed by atoms with E-state index >= 15 is 0 Å². The van der Waals surface area contributed by atoms with Crippen LogP contribution < -0.4 is 5.32 Å². The molecule has 1 aliphatic heterocycles. The lowest BCUT2D eigenvalue weighted by molar-refractivity contribution is -0.138. The van der Waals surface area contributed by atoms with Crippen LogP contribution in [0.4, 0.5) is 4.79 Å². The van der Waals surface area contributed by atoms with Crippen molar-refractivity contribution in [3.63, 3.8) is 0 Å². The number of hydrogen-bond acceptors (Lipinski definition) is 3. The third kappa shape index (κ3) is 3.51. The fourth-order valence-electron chi connectivity index (χ4n) is 3.97. The van der Waals surface area contributed by atoms with Crippen molar-refractivity contribution in [1.29, 1.82) is 0 Å². The first-order valence-corrected chi connectivity index (χ1v) is 9.39. The van der Waals surface area contributed by atoms with Crippen molar-refractivity contribution in [3.05, 3.63) is 35.4 Å². The van der Waals surface area contributed by atoms with Crippen molar-refractivity contribution < 1.29 is 14.3 Å². The van der Waals surface area contributed by atoms with E-state index in [4.69, 9.17) is 4.74 Å². The van der Waals surface area contributed by atoms with E-state index in [1.165, 1.54) is 24.0 Å². The molecular formula is C20H26N2O3. The van der Waals surface area contributed by atoms with E-state index in [9.17, 15) is 9.59 Å².